The molecule has 3 fully saturated rings. The Kier molecular flexibility index (Phi) is 6.02. The van der Waals surface area contributed by atoms with Gasteiger partial charge in [-0.15, -0.1) is 0 Å². The van der Waals surface area contributed by atoms with E-state index in [2.05, 4.69) is 55.3 Å². The fraction of sp³-hybridized carbons (Fsp3) is 0.565. The molecule has 0 unspecified atom stereocenters. The maximum atomic E-state index is 5.81. The Morgan fingerprint density at radius 3 is 2.70 bits per heavy atom. The van der Waals surface area contributed by atoms with Crippen LogP contribution in [0.15, 0.2) is 42.9 Å². The average molecular weight is 426 g/mol. The van der Waals surface area contributed by atoms with Gasteiger partial charge in [-0.3, -0.25) is 9.88 Å². The number of hydrogen-bond acceptors (Lipinski definition) is 4. The van der Waals surface area contributed by atoms with Crippen molar-refractivity contribution in [3.8, 4) is 0 Å². The molecule has 6 nitrogen and oxygen atoms in total. The molecule has 0 bridgehead atoms. The lowest BCUT2D eigenvalue weighted by atomic mass is 9.99. The normalized spacial score (nSPS) is 25.7. The maximum Gasteiger partial charge on any atom is 0.170 e. The zero-order valence-electron chi connectivity index (χ0n) is 17.4. The summed E-state index contributed by atoms with van der Waals surface area (Å²) in [5.74, 6) is 0. The summed E-state index contributed by atoms with van der Waals surface area (Å²) in [6.07, 6.45) is 11.8. The Balaban J connectivity index is 1.40. The summed E-state index contributed by atoms with van der Waals surface area (Å²) in [5.41, 5.74) is 2.37. The van der Waals surface area contributed by atoms with E-state index in [1.807, 2.05) is 12.3 Å². The highest BCUT2D eigenvalue weighted by Gasteiger charge is 2.40. The summed E-state index contributed by atoms with van der Waals surface area (Å²) in [5, 5.41) is 4.41. The van der Waals surface area contributed by atoms with Crippen LogP contribution in [-0.2, 0) is 4.74 Å². The van der Waals surface area contributed by atoms with Crippen molar-refractivity contribution in [3.05, 3.63) is 54.1 Å². The van der Waals surface area contributed by atoms with Gasteiger partial charge in [0.25, 0.3) is 0 Å². The third kappa shape index (κ3) is 4.11. The van der Waals surface area contributed by atoms with Crippen LogP contribution in [0, 0.1) is 0 Å². The molecule has 2 atom stereocenters. The van der Waals surface area contributed by atoms with Gasteiger partial charge in [0.15, 0.2) is 5.11 Å². The molecule has 4 heterocycles. The lowest BCUT2D eigenvalue weighted by Gasteiger charge is -2.32. The van der Waals surface area contributed by atoms with Gasteiger partial charge < -0.3 is 19.5 Å². The van der Waals surface area contributed by atoms with Crippen molar-refractivity contribution in [3.63, 3.8) is 0 Å². The van der Waals surface area contributed by atoms with Crippen LogP contribution in [0.1, 0.15) is 55.1 Å². The molecule has 0 amide bonds. The van der Waals surface area contributed by atoms with Gasteiger partial charge in [-0.25, -0.2) is 0 Å². The average Bonchev–Trinajstić information content (AvgIpc) is 3.53. The molecule has 5 rings (SSSR count). The highest BCUT2D eigenvalue weighted by molar-refractivity contribution is 7.80. The third-order valence-corrected chi connectivity index (χ3v) is 7.14. The van der Waals surface area contributed by atoms with Crippen LogP contribution in [-0.4, -0.2) is 63.9 Å². The van der Waals surface area contributed by atoms with Crippen LogP contribution in [0.3, 0.4) is 0 Å². The largest absolute Gasteiger partial charge is 0.379 e. The fourth-order valence-corrected chi connectivity index (χ4v) is 5.45. The molecule has 0 spiro atoms. The number of nitrogens with one attached hydrogen (secondary N) is 1. The Bertz CT molecular complexity index is 844. The molecule has 0 radical (unpaired) electrons. The van der Waals surface area contributed by atoms with Crippen molar-refractivity contribution < 1.29 is 4.74 Å². The van der Waals surface area contributed by atoms with E-state index in [1.54, 1.807) is 0 Å². The Morgan fingerprint density at radius 1 is 1.10 bits per heavy atom. The van der Waals surface area contributed by atoms with Crippen molar-refractivity contribution in [2.45, 2.75) is 43.8 Å². The molecule has 2 aromatic rings. The van der Waals surface area contributed by atoms with E-state index >= 15 is 0 Å². The second kappa shape index (κ2) is 9.04. The molecule has 3 aliphatic rings. The predicted octanol–water partition coefficient (Wildman–Crippen LogP) is 3.30. The summed E-state index contributed by atoms with van der Waals surface area (Å²) in [6.45, 7) is 5.56. The zero-order chi connectivity index (χ0) is 20.3. The van der Waals surface area contributed by atoms with Crippen molar-refractivity contribution in [1.29, 1.82) is 0 Å². The third-order valence-electron chi connectivity index (χ3n) is 6.78. The van der Waals surface area contributed by atoms with E-state index in [9.17, 15) is 0 Å². The van der Waals surface area contributed by atoms with E-state index in [0.717, 1.165) is 50.2 Å². The van der Waals surface area contributed by atoms with Gasteiger partial charge in [-0.1, -0.05) is 18.9 Å². The summed E-state index contributed by atoms with van der Waals surface area (Å²) < 4.78 is 7.93. The summed E-state index contributed by atoms with van der Waals surface area (Å²) in [4.78, 5) is 9.50. The van der Waals surface area contributed by atoms with Crippen LogP contribution in [0.5, 0.6) is 0 Å². The van der Waals surface area contributed by atoms with E-state index in [1.165, 1.54) is 31.2 Å². The molecule has 0 aromatic carbocycles. The van der Waals surface area contributed by atoms with Crippen LogP contribution >= 0.6 is 12.2 Å². The topological polar surface area (TPSA) is 45.6 Å². The fourth-order valence-electron chi connectivity index (χ4n) is 5.12. The molecule has 1 aliphatic carbocycles. The number of thiocarbonyl (C=S) groups is 1. The number of ether oxygens (including phenoxy) is 1. The molecule has 1 saturated carbocycles. The van der Waals surface area contributed by atoms with Gasteiger partial charge in [-0.2, -0.15) is 0 Å². The second-order valence-corrected chi connectivity index (χ2v) is 8.99. The van der Waals surface area contributed by atoms with E-state index in [0.29, 0.717) is 6.04 Å². The standard InChI is InChI=1S/C23H31N5OS/c30-23-25-21(20-7-3-4-9-24-20)22(28(23)12-11-26-13-15-29-16-14-26)18-8-10-27(17-18)19-5-1-2-6-19/h3-4,7-10,17,19,21-22H,1-2,5-6,11-16H2,(H,25,30)/t21-,22+/m0/s1. The number of nitrogens with zero attached hydrogens (tertiary/aromatic N) is 4. The van der Waals surface area contributed by atoms with Crippen molar-refractivity contribution in [2.24, 2.45) is 0 Å². The molecule has 30 heavy (non-hydrogen) atoms. The highest BCUT2D eigenvalue weighted by atomic mass is 32.1. The highest BCUT2D eigenvalue weighted by Crippen LogP contribution is 2.39. The Morgan fingerprint density at radius 2 is 1.93 bits per heavy atom. The molecule has 1 N–H and O–H groups in total. The summed E-state index contributed by atoms with van der Waals surface area (Å²) in [6, 6.07) is 9.31. The number of morpholine rings is 1. The molecule has 2 aromatic heterocycles. The number of pyridine rings is 1. The van der Waals surface area contributed by atoms with Crippen molar-refractivity contribution in [2.75, 3.05) is 39.4 Å². The van der Waals surface area contributed by atoms with Crippen molar-refractivity contribution >= 4 is 17.3 Å². The van der Waals surface area contributed by atoms with Crippen LogP contribution in [0.25, 0.3) is 0 Å². The SMILES string of the molecule is S=C1N[C@@H](c2ccccn2)[C@@H](c2ccn(C3CCCC3)c2)N1CCN1CCOCC1. The van der Waals surface area contributed by atoms with Crippen LogP contribution in [0.4, 0.5) is 0 Å². The molecule has 160 valence electrons. The van der Waals surface area contributed by atoms with E-state index in [4.69, 9.17) is 17.0 Å². The first-order valence-corrected chi connectivity index (χ1v) is 11.7. The first-order chi connectivity index (χ1) is 14.8. The van der Waals surface area contributed by atoms with Gasteiger partial charge in [-0.05, 0) is 48.8 Å². The number of rotatable bonds is 6. The lowest BCUT2D eigenvalue weighted by Crippen LogP contribution is -2.42. The van der Waals surface area contributed by atoms with Gasteiger partial charge in [0, 0.05) is 50.8 Å². The Hall–Kier alpha value is -1.96. The molecule has 2 saturated heterocycles. The molecular weight excluding hydrogens is 394 g/mol. The first-order valence-electron chi connectivity index (χ1n) is 11.2. The monoisotopic (exact) mass is 425 g/mol. The van der Waals surface area contributed by atoms with Crippen molar-refractivity contribution in [1.82, 2.24) is 24.7 Å². The van der Waals surface area contributed by atoms with Gasteiger partial charge in [0.05, 0.1) is 31.0 Å². The minimum atomic E-state index is 0.0721. The molecule has 2 aliphatic heterocycles. The second-order valence-electron chi connectivity index (χ2n) is 8.60. The quantitative estimate of drug-likeness (QED) is 0.717. The van der Waals surface area contributed by atoms with E-state index in [-0.39, 0.29) is 12.1 Å². The summed E-state index contributed by atoms with van der Waals surface area (Å²) >= 11 is 5.81. The van der Waals surface area contributed by atoms with E-state index < -0.39 is 0 Å². The number of aromatic nitrogens is 2. The van der Waals surface area contributed by atoms with Gasteiger partial charge in [0.2, 0.25) is 0 Å². The van der Waals surface area contributed by atoms with Crippen LogP contribution < -0.4 is 5.32 Å². The smallest absolute Gasteiger partial charge is 0.170 e. The minimum Gasteiger partial charge on any atom is -0.379 e. The van der Waals surface area contributed by atoms with Gasteiger partial charge in [0.1, 0.15) is 0 Å². The maximum absolute atomic E-state index is 5.81. The lowest BCUT2D eigenvalue weighted by molar-refractivity contribution is 0.0350. The molecule has 7 heteroatoms. The zero-order valence-corrected chi connectivity index (χ0v) is 18.3. The Labute approximate surface area is 184 Å². The summed E-state index contributed by atoms with van der Waals surface area (Å²) in [7, 11) is 0. The minimum absolute atomic E-state index is 0.0721. The molecular formula is C23H31N5OS. The first kappa shape index (κ1) is 20.0. The van der Waals surface area contributed by atoms with Gasteiger partial charge >= 0.3 is 0 Å². The van der Waals surface area contributed by atoms with Crippen LogP contribution in [0.2, 0.25) is 0 Å². The predicted molar refractivity (Wildman–Crippen MR) is 121 cm³/mol. The number of hydrogen-bond donors (Lipinski definition) is 1.